The first-order chi connectivity index (χ1) is 9.88. The van der Waals surface area contributed by atoms with Crippen molar-refractivity contribution >= 4 is 41.3 Å². The fourth-order valence-electron chi connectivity index (χ4n) is 2.47. The van der Waals surface area contributed by atoms with Crippen molar-refractivity contribution in [3.8, 4) is 0 Å². The highest BCUT2D eigenvalue weighted by atomic mass is 127. The summed E-state index contributed by atoms with van der Waals surface area (Å²) in [5.41, 5.74) is 1.31. The smallest absolute Gasteiger partial charge is 0.191 e. The highest BCUT2D eigenvalue weighted by molar-refractivity contribution is 14.0. The van der Waals surface area contributed by atoms with Gasteiger partial charge in [0.05, 0.1) is 0 Å². The van der Waals surface area contributed by atoms with E-state index in [9.17, 15) is 0 Å². The van der Waals surface area contributed by atoms with Crippen LogP contribution in [0.15, 0.2) is 21.8 Å². The zero-order chi connectivity index (χ0) is 14.0. The van der Waals surface area contributed by atoms with Gasteiger partial charge in [0.2, 0.25) is 0 Å². The molecule has 0 amide bonds. The van der Waals surface area contributed by atoms with Crippen LogP contribution in [-0.4, -0.2) is 44.1 Å². The van der Waals surface area contributed by atoms with Gasteiger partial charge in [-0.25, -0.2) is 0 Å². The van der Waals surface area contributed by atoms with E-state index in [-0.39, 0.29) is 24.0 Å². The van der Waals surface area contributed by atoms with Crippen LogP contribution in [0, 0.1) is 0 Å². The maximum Gasteiger partial charge on any atom is 0.191 e. The number of rotatable bonds is 7. The first kappa shape index (κ1) is 18.7. The lowest BCUT2D eigenvalue weighted by Crippen LogP contribution is -2.37. The van der Waals surface area contributed by atoms with Gasteiger partial charge < -0.3 is 15.5 Å². The summed E-state index contributed by atoms with van der Waals surface area (Å²) in [6.07, 6.45) is 5.25. The van der Waals surface area contributed by atoms with E-state index in [2.05, 4.69) is 37.4 Å². The van der Waals surface area contributed by atoms with Gasteiger partial charge in [-0.2, -0.15) is 11.3 Å². The van der Waals surface area contributed by atoms with Crippen LogP contribution in [0.5, 0.6) is 0 Å². The minimum atomic E-state index is 0. The first-order valence-corrected chi connectivity index (χ1v) is 8.51. The number of nitrogens with zero attached hydrogens (tertiary/aromatic N) is 2. The van der Waals surface area contributed by atoms with Gasteiger partial charge in [-0.1, -0.05) is 0 Å². The van der Waals surface area contributed by atoms with Crippen molar-refractivity contribution in [2.45, 2.75) is 32.2 Å². The molecule has 1 aliphatic heterocycles. The Morgan fingerprint density at radius 2 is 2.10 bits per heavy atom. The summed E-state index contributed by atoms with van der Waals surface area (Å²) in [6, 6.07) is 2.14. The Labute approximate surface area is 149 Å². The second kappa shape index (κ2) is 11.3. The van der Waals surface area contributed by atoms with Crippen LogP contribution in [0.4, 0.5) is 0 Å². The first-order valence-electron chi connectivity index (χ1n) is 7.56. The molecular formula is C15H27IN4S. The normalized spacial score (nSPS) is 15.8. The maximum absolute atomic E-state index is 4.25. The number of aliphatic imine (C=N–C) groups is 1. The number of guanidine groups is 1. The highest BCUT2D eigenvalue weighted by Gasteiger charge is 2.09. The van der Waals surface area contributed by atoms with Gasteiger partial charge in [0.25, 0.3) is 0 Å². The molecule has 0 aromatic carbocycles. The van der Waals surface area contributed by atoms with Crippen molar-refractivity contribution in [1.82, 2.24) is 15.5 Å². The average Bonchev–Trinajstić information content (AvgIpc) is 3.14. The minimum absolute atomic E-state index is 0. The molecule has 21 heavy (non-hydrogen) atoms. The number of hydrogen-bond acceptors (Lipinski definition) is 3. The topological polar surface area (TPSA) is 39.7 Å². The van der Waals surface area contributed by atoms with Crippen LogP contribution in [0.3, 0.4) is 0 Å². The number of nitrogens with one attached hydrogen (secondary N) is 2. The van der Waals surface area contributed by atoms with Crippen LogP contribution in [0.25, 0.3) is 0 Å². The van der Waals surface area contributed by atoms with Crippen molar-refractivity contribution in [2.24, 2.45) is 4.99 Å². The molecule has 4 nitrogen and oxygen atoms in total. The molecule has 1 saturated heterocycles. The second-order valence-corrected chi connectivity index (χ2v) is 6.02. The standard InChI is InChI=1S/C15H26N4S.HI/c1-16-15(18-12-14-6-11-20-13-14)17-7-2-3-8-19-9-4-5-10-19;/h6,11,13H,2-5,7-10,12H2,1H3,(H2,16,17,18);1H. The van der Waals surface area contributed by atoms with Crippen molar-refractivity contribution in [2.75, 3.05) is 33.2 Å². The molecule has 0 saturated carbocycles. The molecule has 0 unspecified atom stereocenters. The number of hydrogen-bond donors (Lipinski definition) is 2. The summed E-state index contributed by atoms with van der Waals surface area (Å²) in [5, 5.41) is 11.0. The van der Waals surface area contributed by atoms with Crippen molar-refractivity contribution in [3.63, 3.8) is 0 Å². The Kier molecular flexibility index (Phi) is 10.0. The maximum atomic E-state index is 4.25. The minimum Gasteiger partial charge on any atom is -0.356 e. The van der Waals surface area contributed by atoms with Crippen LogP contribution >= 0.6 is 35.3 Å². The van der Waals surface area contributed by atoms with Gasteiger partial charge in [-0.05, 0) is 67.7 Å². The van der Waals surface area contributed by atoms with Crippen LogP contribution < -0.4 is 10.6 Å². The van der Waals surface area contributed by atoms with Gasteiger partial charge in [0.15, 0.2) is 5.96 Å². The molecule has 0 aliphatic carbocycles. The molecule has 2 rings (SSSR count). The quantitative estimate of drug-likeness (QED) is 0.307. The van der Waals surface area contributed by atoms with Gasteiger partial charge in [0, 0.05) is 20.1 Å². The molecule has 0 radical (unpaired) electrons. The predicted molar refractivity (Wildman–Crippen MR) is 103 cm³/mol. The molecule has 2 heterocycles. The number of halogens is 1. The average molecular weight is 422 g/mol. The van der Waals surface area contributed by atoms with Crippen molar-refractivity contribution < 1.29 is 0 Å². The molecule has 0 spiro atoms. The predicted octanol–water partition coefficient (Wildman–Crippen LogP) is 2.91. The molecule has 0 atom stereocenters. The van der Waals surface area contributed by atoms with Crippen LogP contribution in [0.2, 0.25) is 0 Å². The zero-order valence-corrected chi connectivity index (χ0v) is 16.0. The summed E-state index contributed by atoms with van der Waals surface area (Å²) in [6.45, 7) is 5.70. The molecule has 6 heteroatoms. The number of likely N-dealkylation sites (tertiary alicyclic amines) is 1. The molecule has 0 bridgehead atoms. The number of unbranched alkanes of at least 4 members (excludes halogenated alkanes) is 1. The summed E-state index contributed by atoms with van der Waals surface area (Å²) in [5.74, 6) is 0.900. The summed E-state index contributed by atoms with van der Waals surface area (Å²) < 4.78 is 0. The molecule has 120 valence electrons. The van der Waals surface area contributed by atoms with E-state index in [1.807, 2.05) is 7.05 Å². The molecule has 1 fully saturated rings. The molecule has 2 N–H and O–H groups in total. The molecule has 1 aromatic rings. The zero-order valence-electron chi connectivity index (χ0n) is 12.8. The van der Waals surface area contributed by atoms with Crippen LogP contribution in [0.1, 0.15) is 31.2 Å². The van der Waals surface area contributed by atoms with Crippen LogP contribution in [-0.2, 0) is 6.54 Å². The lowest BCUT2D eigenvalue weighted by molar-refractivity contribution is 0.330. The lowest BCUT2D eigenvalue weighted by atomic mass is 10.3. The van der Waals surface area contributed by atoms with E-state index in [1.165, 1.54) is 50.9 Å². The summed E-state index contributed by atoms with van der Waals surface area (Å²) in [7, 11) is 1.83. The Bertz CT molecular complexity index is 388. The Balaban J connectivity index is 0.00000220. The summed E-state index contributed by atoms with van der Waals surface area (Å²) in [4.78, 5) is 6.82. The fourth-order valence-corrected chi connectivity index (χ4v) is 3.14. The van der Waals surface area contributed by atoms with Gasteiger partial charge in [-0.15, -0.1) is 24.0 Å². The molecule has 1 aliphatic rings. The summed E-state index contributed by atoms with van der Waals surface area (Å²) >= 11 is 1.73. The Morgan fingerprint density at radius 3 is 2.76 bits per heavy atom. The van der Waals surface area contributed by atoms with Gasteiger partial charge in [0.1, 0.15) is 0 Å². The van der Waals surface area contributed by atoms with Gasteiger partial charge >= 0.3 is 0 Å². The SMILES string of the molecule is CN=C(NCCCCN1CCCC1)NCc1ccsc1.I. The van der Waals surface area contributed by atoms with Gasteiger partial charge in [-0.3, -0.25) is 4.99 Å². The van der Waals surface area contributed by atoms with E-state index in [0.29, 0.717) is 0 Å². The third-order valence-corrected chi connectivity index (χ3v) is 4.39. The van der Waals surface area contributed by atoms with E-state index in [1.54, 1.807) is 11.3 Å². The lowest BCUT2D eigenvalue weighted by Gasteiger charge is -2.15. The van der Waals surface area contributed by atoms with Crippen molar-refractivity contribution in [1.29, 1.82) is 0 Å². The molecule has 1 aromatic heterocycles. The number of thiophene rings is 1. The van der Waals surface area contributed by atoms with E-state index in [4.69, 9.17) is 0 Å². The van der Waals surface area contributed by atoms with Crippen molar-refractivity contribution in [3.05, 3.63) is 22.4 Å². The second-order valence-electron chi connectivity index (χ2n) is 5.24. The largest absolute Gasteiger partial charge is 0.356 e. The highest BCUT2D eigenvalue weighted by Crippen LogP contribution is 2.08. The Hall–Kier alpha value is -0.340. The monoisotopic (exact) mass is 422 g/mol. The molecular weight excluding hydrogens is 395 g/mol. The van der Waals surface area contributed by atoms with E-state index in [0.717, 1.165) is 19.0 Å². The van der Waals surface area contributed by atoms with E-state index < -0.39 is 0 Å². The Morgan fingerprint density at radius 1 is 1.29 bits per heavy atom. The third kappa shape index (κ3) is 7.46. The fraction of sp³-hybridized carbons (Fsp3) is 0.667. The third-order valence-electron chi connectivity index (χ3n) is 3.66. The van der Waals surface area contributed by atoms with E-state index >= 15 is 0 Å².